The first-order valence-corrected chi connectivity index (χ1v) is 6.07. The molecule has 13 heavy (non-hydrogen) atoms. The summed E-state index contributed by atoms with van der Waals surface area (Å²) in [6.07, 6.45) is 6.14. The van der Waals surface area contributed by atoms with Gasteiger partial charge in [0, 0.05) is 0 Å². The van der Waals surface area contributed by atoms with E-state index in [1.807, 2.05) is 0 Å². The molecule has 0 radical (unpaired) electrons. The molecule has 2 rings (SSSR count). The third-order valence-corrected chi connectivity index (χ3v) is 4.61. The molecule has 76 valence electrons. The fourth-order valence-electron chi connectivity index (χ4n) is 3.95. The molecular weight excluding hydrogens is 156 g/mol. The maximum absolute atomic E-state index is 2.44. The van der Waals surface area contributed by atoms with Crippen molar-refractivity contribution in [2.24, 2.45) is 29.1 Å². The highest BCUT2D eigenvalue weighted by Crippen LogP contribution is 2.66. The Morgan fingerprint density at radius 1 is 0.923 bits per heavy atom. The second-order valence-electron chi connectivity index (χ2n) is 6.08. The molecule has 0 heteroatoms. The Hall–Kier alpha value is 0. The summed E-state index contributed by atoms with van der Waals surface area (Å²) < 4.78 is 0. The van der Waals surface area contributed by atoms with Crippen molar-refractivity contribution in [2.45, 2.75) is 53.4 Å². The maximum atomic E-state index is 2.44. The molecule has 0 saturated heterocycles. The minimum absolute atomic E-state index is 0.836. The fourth-order valence-corrected chi connectivity index (χ4v) is 3.95. The fraction of sp³-hybridized carbons (Fsp3) is 1.00. The SMILES string of the molecule is CC(C)C1CCC2(CC2)C1C(C)C. The van der Waals surface area contributed by atoms with Gasteiger partial charge in [-0.1, -0.05) is 27.7 Å². The van der Waals surface area contributed by atoms with Crippen molar-refractivity contribution in [3.63, 3.8) is 0 Å². The van der Waals surface area contributed by atoms with Crippen molar-refractivity contribution in [1.29, 1.82) is 0 Å². The first kappa shape index (κ1) is 9.55. The summed E-state index contributed by atoms with van der Waals surface area (Å²) in [7, 11) is 0. The van der Waals surface area contributed by atoms with Crippen molar-refractivity contribution in [1.82, 2.24) is 0 Å². The van der Waals surface area contributed by atoms with E-state index < -0.39 is 0 Å². The van der Waals surface area contributed by atoms with Crippen LogP contribution in [0, 0.1) is 29.1 Å². The van der Waals surface area contributed by atoms with Gasteiger partial charge in [0.05, 0.1) is 0 Å². The van der Waals surface area contributed by atoms with Crippen LogP contribution in [0.25, 0.3) is 0 Å². The van der Waals surface area contributed by atoms with Gasteiger partial charge in [-0.3, -0.25) is 0 Å². The van der Waals surface area contributed by atoms with Crippen LogP contribution >= 0.6 is 0 Å². The van der Waals surface area contributed by atoms with Gasteiger partial charge in [0.25, 0.3) is 0 Å². The van der Waals surface area contributed by atoms with Gasteiger partial charge < -0.3 is 0 Å². The molecule has 0 amide bonds. The molecule has 0 N–H and O–H groups in total. The average molecular weight is 180 g/mol. The van der Waals surface area contributed by atoms with Crippen molar-refractivity contribution in [3.8, 4) is 0 Å². The molecule has 2 fully saturated rings. The molecule has 0 heterocycles. The van der Waals surface area contributed by atoms with Gasteiger partial charge >= 0.3 is 0 Å². The number of hydrogen-bond donors (Lipinski definition) is 0. The lowest BCUT2D eigenvalue weighted by molar-refractivity contribution is 0.176. The van der Waals surface area contributed by atoms with Gasteiger partial charge in [-0.2, -0.15) is 0 Å². The monoisotopic (exact) mass is 180 g/mol. The number of hydrogen-bond acceptors (Lipinski definition) is 0. The largest absolute Gasteiger partial charge is 0.0625 e. The van der Waals surface area contributed by atoms with Crippen LogP contribution < -0.4 is 0 Å². The van der Waals surface area contributed by atoms with Gasteiger partial charge in [0.1, 0.15) is 0 Å². The quantitative estimate of drug-likeness (QED) is 0.600. The van der Waals surface area contributed by atoms with Gasteiger partial charge in [0.2, 0.25) is 0 Å². The van der Waals surface area contributed by atoms with Crippen molar-refractivity contribution in [2.75, 3.05) is 0 Å². The summed E-state index contributed by atoms with van der Waals surface area (Å²) >= 11 is 0. The molecule has 0 aromatic heterocycles. The molecule has 2 saturated carbocycles. The lowest BCUT2D eigenvalue weighted by Gasteiger charge is -2.31. The summed E-state index contributed by atoms with van der Waals surface area (Å²) in [6.45, 7) is 9.71. The zero-order chi connectivity index (χ0) is 9.64. The lowest BCUT2D eigenvalue weighted by Crippen LogP contribution is -2.25. The predicted octanol–water partition coefficient (Wildman–Crippen LogP) is 4.10. The van der Waals surface area contributed by atoms with Gasteiger partial charge in [-0.25, -0.2) is 0 Å². The Labute approximate surface area is 83.1 Å². The molecule has 2 aliphatic rings. The molecule has 1 spiro atoms. The first-order chi connectivity index (χ1) is 6.07. The van der Waals surface area contributed by atoms with E-state index in [1.165, 1.54) is 6.42 Å². The van der Waals surface area contributed by atoms with Crippen LogP contribution in [0.1, 0.15) is 53.4 Å². The van der Waals surface area contributed by atoms with Gasteiger partial charge in [0.15, 0.2) is 0 Å². The number of rotatable bonds is 2. The van der Waals surface area contributed by atoms with Gasteiger partial charge in [-0.05, 0) is 54.8 Å². The van der Waals surface area contributed by atoms with E-state index >= 15 is 0 Å². The van der Waals surface area contributed by atoms with Crippen molar-refractivity contribution >= 4 is 0 Å². The third-order valence-electron chi connectivity index (χ3n) is 4.61. The summed E-state index contributed by atoms with van der Waals surface area (Å²) in [5, 5.41) is 0. The Balaban J connectivity index is 2.14. The van der Waals surface area contributed by atoms with E-state index in [1.54, 1.807) is 19.3 Å². The highest BCUT2D eigenvalue weighted by molar-refractivity contribution is 5.06. The molecule has 2 atom stereocenters. The van der Waals surface area contributed by atoms with E-state index in [4.69, 9.17) is 0 Å². The molecule has 0 nitrogen and oxygen atoms in total. The van der Waals surface area contributed by atoms with Crippen LogP contribution in [-0.4, -0.2) is 0 Å². The van der Waals surface area contributed by atoms with Crippen LogP contribution in [0.3, 0.4) is 0 Å². The molecule has 2 unspecified atom stereocenters. The average Bonchev–Trinajstić information content (AvgIpc) is 2.61. The summed E-state index contributed by atoms with van der Waals surface area (Å²) in [6, 6.07) is 0. The van der Waals surface area contributed by atoms with Crippen molar-refractivity contribution < 1.29 is 0 Å². The predicted molar refractivity (Wildman–Crippen MR) is 57.6 cm³/mol. The summed E-state index contributed by atoms with van der Waals surface area (Å²) in [5.74, 6) is 3.90. The summed E-state index contributed by atoms with van der Waals surface area (Å²) in [4.78, 5) is 0. The van der Waals surface area contributed by atoms with E-state index in [2.05, 4.69) is 27.7 Å². The highest BCUT2D eigenvalue weighted by atomic mass is 14.6. The minimum atomic E-state index is 0.836. The smallest absolute Gasteiger partial charge is 0.0263 e. The summed E-state index contributed by atoms with van der Waals surface area (Å²) in [5.41, 5.74) is 0.836. The minimum Gasteiger partial charge on any atom is -0.0625 e. The first-order valence-electron chi connectivity index (χ1n) is 6.07. The van der Waals surface area contributed by atoms with Crippen LogP contribution in [0.15, 0.2) is 0 Å². The molecule has 0 aromatic carbocycles. The highest BCUT2D eigenvalue weighted by Gasteiger charge is 2.56. The zero-order valence-electron chi connectivity index (χ0n) is 9.64. The standard InChI is InChI=1S/C13H24/c1-9(2)11-5-6-13(7-8-13)12(11)10(3)4/h9-12H,5-8H2,1-4H3. The lowest BCUT2D eigenvalue weighted by atomic mass is 9.74. The second-order valence-corrected chi connectivity index (χ2v) is 6.08. The Kier molecular flexibility index (Phi) is 2.20. The third kappa shape index (κ3) is 1.43. The van der Waals surface area contributed by atoms with Gasteiger partial charge in [-0.15, -0.1) is 0 Å². The Morgan fingerprint density at radius 3 is 1.92 bits per heavy atom. The van der Waals surface area contributed by atoms with E-state index in [9.17, 15) is 0 Å². The molecule has 0 aliphatic heterocycles. The maximum Gasteiger partial charge on any atom is -0.0263 e. The normalized spacial score (nSPS) is 36.5. The molecule has 2 aliphatic carbocycles. The second kappa shape index (κ2) is 3.00. The molecule has 0 aromatic rings. The van der Waals surface area contributed by atoms with Crippen LogP contribution in [0.4, 0.5) is 0 Å². The Bertz CT molecular complexity index is 186. The van der Waals surface area contributed by atoms with Crippen LogP contribution in [-0.2, 0) is 0 Å². The van der Waals surface area contributed by atoms with Crippen LogP contribution in [0.5, 0.6) is 0 Å². The zero-order valence-corrected chi connectivity index (χ0v) is 9.64. The van der Waals surface area contributed by atoms with Crippen LogP contribution in [0.2, 0.25) is 0 Å². The van der Waals surface area contributed by atoms with E-state index in [-0.39, 0.29) is 0 Å². The molecule has 0 bridgehead atoms. The topological polar surface area (TPSA) is 0 Å². The van der Waals surface area contributed by atoms with Crippen molar-refractivity contribution in [3.05, 3.63) is 0 Å². The van der Waals surface area contributed by atoms with E-state index in [0.717, 1.165) is 29.1 Å². The van der Waals surface area contributed by atoms with E-state index in [0.29, 0.717) is 0 Å². The molecular formula is C13H24. The Morgan fingerprint density at radius 2 is 1.54 bits per heavy atom.